The molecule has 0 saturated carbocycles. The molecule has 2 amide bonds. The van der Waals surface area contributed by atoms with Crippen LogP contribution in [0.2, 0.25) is 0 Å². The van der Waals surface area contributed by atoms with Crippen molar-refractivity contribution in [2.75, 3.05) is 4.90 Å². The van der Waals surface area contributed by atoms with Gasteiger partial charge in [-0.05, 0) is 35.0 Å². The van der Waals surface area contributed by atoms with Crippen LogP contribution in [0.4, 0.5) is 10.1 Å². The van der Waals surface area contributed by atoms with Crippen LogP contribution < -0.4 is 4.90 Å². The lowest BCUT2D eigenvalue weighted by atomic mass is 9.91. The van der Waals surface area contributed by atoms with Gasteiger partial charge in [-0.2, -0.15) is 0 Å². The van der Waals surface area contributed by atoms with Crippen molar-refractivity contribution in [2.24, 2.45) is 11.1 Å². The second kappa shape index (κ2) is 6.34. The van der Waals surface area contributed by atoms with Gasteiger partial charge in [0.1, 0.15) is 17.4 Å². The van der Waals surface area contributed by atoms with Crippen LogP contribution in [0, 0.1) is 11.7 Å². The average Bonchev–Trinajstić information content (AvgIpc) is 3.28. The first kappa shape index (κ1) is 17.2. The summed E-state index contributed by atoms with van der Waals surface area (Å²) in [6.07, 6.45) is -1.19. The SMILES string of the molecule is O=C(C1=NO[C@@H]2C(=O)N(c3ccc(F)cc3)C(=O)[C@@H]12)c1cccc2ccccc12. The number of carbonyl (C=O) groups is 3. The molecule has 5 rings (SSSR count). The van der Waals surface area contributed by atoms with Crippen molar-refractivity contribution in [1.82, 2.24) is 0 Å². The summed E-state index contributed by atoms with van der Waals surface area (Å²) in [5.41, 5.74) is 0.497. The Labute approximate surface area is 164 Å². The Balaban J connectivity index is 1.52. The van der Waals surface area contributed by atoms with Crippen molar-refractivity contribution in [2.45, 2.75) is 6.10 Å². The highest BCUT2D eigenvalue weighted by atomic mass is 19.1. The molecule has 29 heavy (non-hydrogen) atoms. The molecule has 6 nitrogen and oxygen atoms in total. The van der Waals surface area contributed by atoms with Crippen LogP contribution in [0.25, 0.3) is 10.8 Å². The molecule has 0 spiro atoms. The van der Waals surface area contributed by atoms with E-state index < -0.39 is 35.4 Å². The number of oxime groups is 1. The first-order valence-electron chi connectivity index (χ1n) is 8.96. The van der Waals surface area contributed by atoms with E-state index in [1.165, 1.54) is 12.1 Å². The standard InChI is InChI=1S/C22H13FN2O4/c23-13-8-10-14(11-9-13)25-21(27)17-18(24-29-20(17)22(25)28)19(26)16-7-3-5-12-4-1-2-6-15(12)16/h1-11,17,20H/t17-,20-/m0/s1. The minimum Gasteiger partial charge on any atom is -0.381 e. The number of carbonyl (C=O) groups excluding carboxylic acids is 3. The third-order valence-electron chi connectivity index (χ3n) is 5.16. The molecule has 2 heterocycles. The highest BCUT2D eigenvalue weighted by molar-refractivity contribution is 6.53. The molecule has 2 aliphatic rings. The first-order chi connectivity index (χ1) is 14.1. The lowest BCUT2D eigenvalue weighted by Crippen LogP contribution is -2.34. The van der Waals surface area contributed by atoms with Gasteiger partial charge in [-0.25, -0.2) is 9.29 Å². The maximum absolute atomic E-state index is 13.2. The smallest absolute Gasteiger partial charge is 0.278 e. The number of amides is 2. The quantitative estimate of drug-likeness (QED) is 0.510. The Morgan fingerprint density at radius 1 is 0.931 bits per heavy atom. The highest BCUT2D eigenvalue weighted by Gasteiger charge is 2.57. The summed E-state index contributed by atoms with van der Waals surface area (Å²) in [6, 6.07) is 17.6. The van der Waals surface area contributed by atoms with Crippen LogP contribution in [0.1, 0.15) is 10.4 Å². The number of halogens is 1. The number of fused-ring (bicyclic) bond motifs is 2. The van der Waals surface area contributed by atoms with Gasteiger partial charge in [0.2, 0.25) is 17.8 Å². The molecule has 0 unspecified atom stereocenters. The van der Waals surface area contributed by atoms with Gasteiger partial charge >= 0.3 is 0 Å². The Bertz CT molecular complexity index is 1210. The number of Topliss-reactive ketones (excluding diaryl/α,β-unsaturated/α-hetero) is 1. The Morgan fingerprint density at radius 3 is 2.45 bits per heavy atom. The van der Waals surface area contributed by atoms with Gasteiger partial charge in [-0.1, -0.05) is 47.6 Å². The van der Waals surface area contributed by atoms with E-state index in [-0.39, 0.29) is 11.4 Å². The van der Waals surface area contributed by atoms with Crippen molar-refractivity contribution in [3.8, 4) is 0 Å². The average molecular weight is 388 g/mol. The zero-order chi connectivity index (χ0) is 20.1. The van der Waals surface area contributed by atoms with Gasteiger partial charge in [0.05, 0.1) is 5.69 Å². The van der Waals surface area contributed by atoms with Gasteiger partial charge in [0.15, 0.2) is 0 Å². The molecule has 1 fully saturated rings. The topological polar surface area (TPSA) is 76.0 Å². The number of anilines is 1. The van der Waals surface area contributed by atoms with E-state index in [2.05, 4.69) is 5.16 Å². The van der Waals surface area contributed by atoms with Crippen molar-refractivity contribution in [3.05, 3.63) is 78.1 Å². The summed E-state index contributed by atoms with van der Waals surface area (Å²) in [5, 5.41) is 5.38. The van der Waals surface area contributed by atoms with E-state index in [1.807, 2.05) is 30.3 Å². The van der Waals surface area contributed by atoms with E-state index in [0.29, 0.717) is 5.56 Å². The van der Waals surface area contributed by atoms with E-state index in [0.717, 1.165) is 27.8 Å². The molecular formula is C22H13FN2O4. The molecule has 0 bridgehead atoms. The van der Waals surface area contributed by atoms with Crippen molar-refractivity contribution in [3.63, 3.8) is 0 Å². The van der Waals surface area contributed by atoms with Crippen molar-refractivity contribution >= 4 is 39.8 Å². The number of rotatable bonds is 3. The van der Waals surface area contributed by atoms with Crippen LogP contribution in [0.5, 0.6) is 0 Å². The van der Waals surface area contributed by atoms with Crippen LogP contribution in [-0.4, -0.2) is 29.4 Å². The number of ketones is 1. The molecule has 142 valence electrons. The number of imide groups is 1. The minimum atomic E-state index is -1.19. The summed E-state index contributed by atoms with van der Waals surface area (Å²) in [4.78, 5) is 45.0. The Kier molecular flexibility index (Phi) is 3.77. The summed E-state index contributed by atoms with van der Waals surface area (Å²) in [6.45, 7) is 0. The fourth-order valence-corrected chi connectivity index (χ4v) is 3.77. The van der Waals surface area contributed by atoms with Gasteiger partial charge < -0.3 is 4.84 Å². The van der Waals surface area contributed by atoms with E-state index in [4.69, 9.17) is 4.84 Å². The summed E-state index contributed by atoms with van der Waals surface area (Å²) < 4.78 is 13.2. The van der Waals surface area contributed by atoms with Crippen LogP contribution in [0.15, 0.2) is 71.9 Å². The maximum Gasteiger partial charge on any atom is 0.278 e. The second-order valence-corrected chi connectivity index (χ2v) is 6.82. The number of hydrogen-bond acceptors (Lipinski definition) is 5. The lowest BCUT2D eigenvalue weighted by molar-refractivity contribution is -0.126. The molecule has 0 aliphatic carbocycles. The molecule has 0 radical (unpaired) electrons. The number of nitrogens with zero attached hydrogens (tertiary/aromatic N) is 2. The highest BCUT2D eigenvalue weighted by Crippen LogP contribution is 2.34. The molecule has 2 aliphatic heterocycles. The van der Waals surface area contributed by atoms with Gasteiger partial charge in [-0.3, -0.25) is 14.4 Å². The second-order valence-electron chi connectivity index (χ2n) is 6.82. The predicted molar refractivity (Wildman–Crippen MR) is 103 cm³/mol. The van der Waals surface area contributed by atoms with Crippen molar-refractivity contribution in [1.29, 1.82) is 0 Å². The van der Waals surface area contributed by atoms with E-state index in [1.54, 1.807) is 12.1 Å². The molecular weight excluding hydrogens is 375 g/mol. The van der Waals surface area contributed by atoms with E-state index in [9.17, 15) is 18.8 Å². The lowest BCUT2D eigenvalue weighted by Gasteiger charge is -2.15. The number of benzene rings is 3. The van der Waals surface area contributed by atoms with Gasteiger partial charge in [0.25, 0.3) is 5.91 Å². The molecule has 0 N–H and O–H groups in total. The Morgan fingerprint density at radius 2 is 1.66 bits per heavy atom. The first-order valence-corrected chi connectivity index (χ1v) is 8.96. The Hall–Kier alpha value is -3.87. The molecule has 0 aromatic heterocycles. The zero-order valence-electron chi connectivity index (χ0n) is 14.9. The van der Waals surface area contributed by atoms with Crippen molar-refractivity contribution < 1.29 is 23.6 Å². The van der Waals surface area contributed by atoms with Crippen LogP contribution in [-0.2, 0) is 14.4 Å². The molecule has 3 aromatic rings. The fraction of sp³-hybridized carbons (Fsp3) is 0.0909. The fourth-order valence-electron chi connectivity index (χ4n) is 3.77. The third-order valence-corrected chi connectivity index (χ3v) is 5.16. The third kappa shape index (κ3) is 2.55. The molecule has 2 atom stereocenters. The minimum absolute atomic E-state index is 0.102. The summed E-state index contributed by atoms with van der Waals surface area (Å²) in [7, 11) is 0. The molecule has 3 aromatic carbocycles. The normalized spacial score (nSPS) is 20.6. The van der Waals surface area contributed by atoms with Gasteiger partial charge in [-0.15, -0.1) is 0 Å². The zero-order valence-corrected chi connectivity index (χ0v) is 14.9. The predicted octanol–water partition coefficient (Wildman–Crippen LogP) is 3.11. The molecule has 7 heteroatoms. The largest absolute Gasteiger partial charge is 0.381 e. The van der Waals surface area contributed by atoms with Gasteiger partial charge in [0, 0.05) is 5.56 Å². The van der Waals surface area contributed by atoms with Crippen LogP contribution >= 0.6 is 0 Å². The number of hydrogen-bond donors (Lipinski definition) is 0. The van der Waals surface area contributed by atoms with Crippen LogP contribution in [0.3, 0.4) is 0 Å². The monoisotopic (exact) mass is 388 g/mol. The molecule has 1 saturated heterocycles. The maximum atomic E-state index is 13.2. The summed E-state index contributed by atoms with van der Waals surface area (Å²) >= 11 is 0. The summed E-state index contributed by atoms with van der Waals surface area (Å²) in [5.74, 6) is -3.32. The van der Waals surface area contributed by atoms with E-state index >= 15 is 0 Å².